The zero-order chi connectivity index (χ0) is 19.8. The quantitative estimate of drug-likeness (QED) is 0.567. The van der Waals surface area contributed by atoms with Crippen LogP contribution in [0, 0.1) is 6.92 Å². The van der Waals surface area contributed by atoms with Gasteiger partial charge in [-0.3, -0.25) is 9.59 Å². The van der Waals surface area contributed by atoms with Crippen molar-refractivity contribution in [3.63, 3.8) is 0 Å². The highest BCUT2D eigenvalue weighted by Crippen LogP contribution is 2.25. The summed E-state index contributed by atoms with van der Waals surface area (Å²) >= 11 is 0. The van der Waals surface area contributed by atoms with Gasteiger partial charge in [-0.1, -0.05) is 6.07 Å². The fraction of sp³-hybridized carbons (Fsp3) is 0.250. The second-order valence-electron chi connectivity index (χ2n) is 5.80. The van der Waals surface area contributed by atoms with Crippen LogP contribution in [0.3, 0.4) is 0 Å². The van der Waals surface area contributed by atoms with Gasteiger partial charge in [-0.05, 0) is 55.8 Å². The number of anilines is 1. The van der Waals surface area contributed by atoms with Crippen LogP contribution in [-0.2, 0) is 14.3 Å². The molecule has 1 amide bonds. The van der Waals surface area contributed by atoms with Gasteiger partial charge in [-0.2, -0.15) is 0 Å². The molecule has 0 heterocycles. The van der Waals surface area contributed by atoms with Gasteiger partial charge >= 0.3 is 5.97 Å². The molecule has 7 nitrogen and oxygen atoms in total. The molecule has 0 aliphatic carbocycles. The third-order valence-corrected chi connectivity index (χ3v) is 3.66. The van der Waals surface area contributed by atoms with Crippen LogP contribution in [0.15, 0.2) is 42.5 Å². The first-order valence-electron chi connectivity index (χ1n) is 8.26. The predicted octanol–water partition coefficient (Wildman–Crippen LogP) is 2.77. The average Bonchev–Trinajstić information content (AvgIpc) is 2.67. The van der Waals surface area contributed by atoms with Gasteiger partial charge in [0.05, 0.1) is 12.8 Å². The highest BCUT2D eigenvalue weighted by Gasteiger charge is 2.19. The second kappa shape index (κ2) is 9.38. The lowest BCUT2D eigenvalue weighted by atomic mass is 10.2. The Morgan fingerprint density at radius 2 is 1.85 bits per heavy atom. The van der Waals surface area contributed by atoms with Gasteiger partial charge in [0.25, 0.3) is 5.91 Å². The van der Waals surface area contributed by atoms with E-state index < -0.39 is 18.0 Å². The molecule has 0 saturated carbocycles. The molecular formula is C20H21NO6. The Morgan fingerprint density at radius 3 is 2.48 bits per heavy atom. The highest BCUT2D eigenvalue weighted by atomic mass is 16.6. The lowest BCUT2D eigenvalue weighted by Gasteiger charge is -2.16. The summed E-state index contributed by atoms with van der Waals surface area (Å²) in [6.07, 6.45) is -0.301. The van der Waals surface area contributed by atoms with E-state index in [9.17, 15) is 14.4 Å². The van der Waals surface area contributed by atoms with Crippen molar-refractivity contribution in [3.05, 3.63) is 53.6 Å². The van der Waals surface area contributed by atoms with Gasteiger partial charge in [0, 0.05) is 5.56 Å². The number of benzene rings is 2. The predicted molar refractivity (Wildman–Crippen MR) is 99.2 cm³/mol. The molecule has 0 radical (unpaired) electrons. The normalized spacial score (nSPS) is 11.2. The smallest absolute Gasteiger partial charge is 0.344 e. The van der Waals surface area contributed by atoms with Crippen molar-refractivity contribution in [1.29, 1.82) is 0 Å². The second-order valence-corrected chi connectivity index (χ2v) is 5.80. The number of amides is 1. The standard InChI is InChI=1S/C20H21NO6/c1-13-4-9-18(25-3)17(10-13)21-20(24)14(2)27-19(23)12-26-16-7-5-15(11-22)6-8-16/h4-11,14H,12H2,1-3H3,(H,21,24)/t14-/m0/s1. The van der Waals surface area contributed by atoms with Crippen LogP contribution in [0.1, 0.15) is 22.8 Å². The minimum absolute atomic E-state index is 0.355. The van der Waals surface area contributed by atoms with E-state index in [1.54, 1.807) is 36.4 Å². The van der Waals surface area contributed by atoms with E-state index in [1.807, 2.05) is 13.0 Å². The summed E-state index contributed by atoms with van der Waals surface area (Å²) in [5, 5.41) is 2.68. The Labute approximate surface area is 157 Å². The zero-order valence-electron chi connectivity index (χ0n) is 15.4. The van der Waals surface area contributed by atoms with E-state index in [1.165, 1.54) is 14.0 Å². The van der Waals surface area contributed by atoms with Crippen LogP contribution in [-0.4, -0.2) is 38.0 Å². The summed E-state index contributed by atoms with van der Waals surface area (Å²) in [6, 6.07) is 11.6. The first kappa shape index (κ1) is 20.0. The summed E-state index contributed by atoms with van der Waals surface area (Å²) < 4.78 is 15.6. The van der Waals surface area contributed by atoms with Crippen LogP contribution in [0.4, 0.5) is 5.69 Å². The summed E-state index contributed by atoms with van der Waals surface area (Å²) in [6.45, 7) is 3.00. The van der Waals surface area contributed by atoms with Gasteiger partial charge in [-0.15, -0.1) is 0 Å². The van der Waals surface area contributed by atoms with Crippen LogP contribution >= 0.6 is 0 Å². The number of ether oxygens (including phenoxy) is 3. The largest absolute Gasteiger partial charge is 0.495 e. The Kier molecular flexibility index (Phi) is 6.93. The number of nitrogens with one attached hydrogen (secondary N) is 1. The third-order valence-electron chi connectivity index (χ3n) is 3.66. The molecule has 2 aromatic rings. The van der Waals surface area contributed by atoms with E-state index in [2.05, 4.69) is 5.32 Å². The zero-order valence-corrected chi connectivity index (χ0v) is 15.4. The Hall–Kier alpha value is -3.35. The molecule has 1 N–H and O–H groups in total. The van der Waals surface area contributed by atoms with Gasteiger partial charge in [0.2, 0.25) is 0 Å². The number of aldehydes is 1. The number of carbonyl (C=O) groups is 3. The summed E-state index contributed by atoms with van der Waals surface area (Å²) in [7, 11) is 1.50. The van der Waals surface area contributed by atoms with Gasteiger partial charge in [0.15, 0.2) is 12.7 Å². The molecule has 2 rings (SSSR count). The van der Waals surface area contributed by atoms with Gasteiger partial charge < -0.3 is 19.5 Å². The Morgan fingerprint density at radius 1 is 1.15 bits per heavy atom. The number of esters is 1. The van der Waals surface area contributed by atoms with Crippen molar-refractivity contribution < 1.29 is 28.6 Å². The molecule has 0 fully saturated rings. The van der Waals surface area contributed by atoms with E-state index in [0.717, 1.165) is 5.56 Å². The molecule has 0 saturated heterocycles. The van der Waals surface area contributed by atoms with Crippen molar-refractivity contribution in [2.45, 2.75) is 20.0 Å². The average molecular weight is 371 g/mol. The topological polar surface area (TPSA) is 90.9 Å². The van der Waals surface area contributed by atoms with Crippen LogP contribution in [0.25, 0.3) is 0 Å². The molecule has 7 heteroatoms. The molecule has 1 atom stereocenters. The first-order chi connectivity index (χ1) is 12.9. The lowest BCUT2D eigenvalue weighted by Crippen LogP contribution is -2.31. The van der Waals surface area contributed by atoms with E-state index >= 15 is 0 Å². The highest BCUT2D eigenvalue weighted by molar-refractivity contribution is 5.96. The maximum absolute atomic E-state index is 12.3. The van der Waals surface area contributed by atoms with Crippen molar-refractivity contribution in [1.82, 2.24) is 0 Å². The number of carbonyl (C=O) groups excluding carboxylic acids is 3. The number of hydrogen-bond donors (Lipinski definition) is 1. The fourth-order valence-electron chi connectivity index (χ4n) is 2.22. The summed E-state index contributed by atoms with van der Waals surface area (Å²) in [5.74, 6) is -0.246. The molecule has 27 heavy (non-hydrogen) atoms. The number of rotatable bonds is 8. The molecular weight excluding hydrogens is 350 g/mol. The molecule has 142 valence electrons. The van der Waals surface area contributed by atoms with E-state index in [-0.39, 0.29) is 6.61 Å². The van der Waals surface area contributed by atoms with Gasteiger partial charge in [-0.25, -0.2) is 4.79 Å². The summed E-state index contributed by atoms with van der Waals surface area (Å²) in [4.78, 5) is 34.7. The third kappa shape index (κ3) is 5.85. The fourth-order valence-corrected chi connectivity index (χ4v) is 2.22. The van der Waals surface area contributed by atoms with Crippen LogP contribution in [0.2, 0.25) is 0 Å². The van der Waals surface area contributed by atoms with Crippen molar-refractivity contribution in [2.24, 2.45) is 0 Å². The minimum Gasteiger partial charge on any atom is -0.495 e. The van der Waals surface area contributed by atoms with Crippen LogP contribution < -0.4 is 14.8 Å². The molecule has 0 aromatic heterocycles. The molecule has 0 unspecified atom stereocenters. The SMILES string of the molecule is COc1ccc(C)cc1NC(=O)[C@H](C)OC(=O)COc1ccc(C=O)cc1. The van der Waals surface area contributed by atoms with E-state index in [4.69, 9.17) is 14.2 Å². The molecule has 0 spiro atoms. The summed E-state index contributed by atoms with van der Waals surface area (Å²) in [5.41, 5.74) is 1.95. The Bertz CT molecular complexity index is 816. The van der Waals surface area contributed by atoms with Crippen LogP contribution in [0.5, 0.6) is 11.5 Å². The van der Waals surface area contributed by atoms with E-state index in [0.29, 0.717) is 29.0 Å². The molecule has 0 aliphatic rings. The molecule has 0 aliphatic heterocycles. The maximum atomic E-state index is 12.3. The monoisotopic (exact) mass is 371 g/mol. The minimum atomic E-state index is -1.01. The Balaban J connectivity index is 1.86. The number of hydrogen-bond acceptors (Lipinski definition) is 6. The molecule has 2 aromatic carbocycles. The first-order valence-corrected chi connectivity index (χ1v) is 8.26. The lowest BCUT2D eigenvalue weighted by molar-refractivity contribution is -0.155. The number of aryl methyl sites for hydroxylation is 1. The maximum Gasteiger partial charge on any atom is 0.344 e. The number of methoxy groups -OCH3 is 1. The van der Waals surface area contributed by atoms with Crippen molar-refractivity contribution in [2.75, 3.05) is 19.0 Å². The van der Waals surface area contributed by atoms with Crippen molar-refractivity contribution >= 4 is 23.9 Å². The van der Waals surface area contributed by atoms with Crippen molar-refractivity contribution in [3.8, 4) is 11.5 Å². The van der Waals surface area contributed by atoms with Gasteiger partial charge in [0.1, 0.15) is 17.8 Å². The molecule has 0 bridgehead atoms.